The van der Waals surface area contributed by atoms with Gasteiger partial charge in [-0.1, -0.05) is 180 Å². The lowest BCUT2D eigenvalue weighted by molar-refractivity contribution is -0.305. The summed E-state index contributed by atoms with van der Waals surface area (Å²) in [5, 5.41) is 40.0. The lowest BCUT2D eigenvalue weighted by Crippen LogP contribution is -2.59. The predicted molar refractivity (Wildman–Crippen MR) is 220 cm³/mol. The van der Waals surface area contributed by atoms with Crippen LogP contribution >= 0.6 is 0 Å². The Hall–Kier alpha value is -1.56. The molecule has 6 atom stereocenters. The first-order valence-electron chi connectivity index (χ1n) is 22.8. The van der Waals surface area contributed by atoms with Gasteiger partial charge < -0.3 is 39.4 Å². The van der Waals surface area contributed by atoms with Crippen LogP contribution in [-0.2, 0) is 28.5 Å². The van der Waals surface area contributed by atoms with Crippen LogP contribution in [0.1, 0.15) is 206 Å². The van der Waals surface area contributed by atoms with E-state index in [9.17, 15) is 30.0 Å². The van der Waals surface area contributed by atoms with Crippen LogP contribution in [0, 0.1) is 0 Å². The SMILES string of the molecule is CCCCCCCCCCCCC/C=C/CCC(=O)OC[C@@H](CO[C@H]1O[C@@H](CO)[C@@H](O)C(O)C1O)OC(=O)CCCCCCCCCCCCCCCCC. The van der Waals surface area contributed by atoms with Gasteiger partial charge in [-0.15, -0.1) is 0 Å². The monoisotopic (exact) mass is 785 g/mol. The molecular weight excluding hydrogens is 700 g/mol. The highest BCUT2D eigenvalue weighted by atomic mass is 16.7. The molecule has 1 heterocycles. The predicted octanol–water partition coefficient (Wildman–Crippen LogP) is 9.56. The number of esters is 2. The molecule has 0 aliphatic carbocycles. The van der Waals surface area contributed by atoms with Gasteiger partial charge in [0, 0.05) is 12.8 Å². The molecule has 0 aromatic carbocycles. The van der Waals surface area contributed by atoms with Crippen molar-refractivity contribution < 1.29 is 49.0 Å². The number of rotatable bonds is 38. The highest BCUT2D eigenvalue weighted by Gasteiger charge is 2.44. The van der Waals surface area contributed by atoms with Gasteiger partial charge in [-0.3, -0.25) is 9.59 Å². The number of hydrogen-bond acceptors (Lipinski definition) is 10. The minimum atomic E-state index is -1.59. The van der Waals surface area contributed by atoms with E-state index < -0.39 is 55.4 Å². The summed E-state index contributed by atoms with van der Waals surface area (Å²) in [5.41, 5.74) is 0. The van der Waals surface area contributed by atoms with E-state index >= 15 is 0 Å². The Balaban J connectivity index is 2.33. The number of aliphatic hydroxyl groups excluding tert-OH is 4. The molecule has 1 rings (SSSR count). The van der Waals surface area contributed by atoms with Crippen LogP contribution in [0.4, 0.5) is 0 Å². The van der Waals surface area contributed by atoms with E-state index in [1.54, 1.807) is 0 Å². The fraction of sp³-hybridized carbons (Fsp3) is 0.911. The second-order valence-corrected chi connectivity index (χ2v) is 15.9. The zero-order chi connectivity index (χ0) is 40.2. The van der Waals surface area contributed by atoms with Crippen LogP contribution in [0.2, 0.25) is 0 Å². The summed E-state index contributed by atoms with van der Waals surface area (Å²) in [6, 6.07) is 0. The number of carbonyl (C=O) groups is 2. The molecule has 4 N–H and O–H groups in total. The van der Waals surface area contributed by atoms with E-state index in [1.165, 1.54) is 135 Å². The lowest BCUT2D eigenvalue weighted by atomic mass is 9.99. The van der Waals surface area contributed by atoms with Crippen LogP contribution in [0.3, 0.4) is 0 Å². The minimum Gasteiger partial charge on any atom is -0.462 e. The van der Waals surface area contributed by atoms with Crippen molar-refractivity contribution in [2.24, 2.45) is 0 Å². The number of aliphatic hydroxyl groups is 4. The summed E-state index contributed by atoms with van der Waals surface area (Å²) in [5.74, 6) is -0.853. The van der Waals surface area contributed by atoms with Crippen molar-refractivity contribution in [1.82, 2.24) is 0 Å². The maximum atomic E-state index is 12.8. The van der Waals surface area contributed by atoms with Gasteiger partial charge in [-0.05, 0) is 25.7 Å². The second-order valence-electron chi connectivity index (χ2n) is 15.9. The maximum absolute atomic E-state index is 12.8. The third-order valence-electron chi connectivity index (χ3n) is 10.7. The molecule has 0 radical (unpaired) electrons. The van der Waals surface area contributed by atoms with Crippen molar-refractivity contribution >= 4 is 11.9 Å². The molecule has 0 amide bonds. The molecule has 0 spiro atoms. The van der Waals surface area contributed by atoms with E-state index in [0.29, 0.717) is 12.8 Å². The van der Waals surface area contributed by atoms with Crippen molar-refractivity contribution in [2.75, 3.05) is 19.8 Å². The quantitative estimate of drug-likeness (QED) is 0.0271. The summed E-state index contributed by atoms with van der Waals surface area (Å²) >= 11 is 0. The fourth-order valence-electron chi connectivity index (χ4n) is 7.03. The molecular formula is C45H84O10. The molecule has 0 bridgehead atoms. The minimum absolute atomic E-state index is 0.197. The number of unbranched alkanes of at least 4 members (excludes halogenated alkanes) is 25. The van der Waals surface area contributed by atoms with Crippen molar-refractivity contribution in [3.8, 4) is 0 Å². The number of ether oxygens (including phenoxy) is 4. The molecule has 1 saturated heterocycles. The van der Waals surface area contributed by atoms with Crippen molar-refractivity contribution in [3.05, 3.63) is 12.2 Å². The van der Waals surface area contributed by atoms with Gasteiger partial charge >= 0.3 is 11.9 Å². The Morgan fingerprint density at radius 3 is 1.49 bits per heavy atom. The molecule has 2 unspecified atom stereocenters. The van der Waals surface area contributed by atoms with Gasteiger partial charge in [0.25, 0.3) is 0 Å². The third-order valence-corrected chi connectivity index (χ3v) is 10.7. The lowest BCUT2D eigenvalue weighted by Gasteiger charge is -2.39. The number of carbonyl (C=O) groups excluding carboxylic acids is 2. The molecule has 10 heteroatoms. The number of hydrogen-bond donors (Lipinski definition) is 4. The average Bonchev–Trinajstić information content (AvgIpc) is 3.18. The molecule has 0 saturated carbocycles. The van der Waals surface area contributed by atoms with Gasteiger partial charge in [-0.25, -0.2) is 0 Å². The van der Waals surface area contributed by atoms with E-state index in [1.807, 2.05) is 6.08 Å². The maximum Gasteiger partial charge on any atom is 0.306 e. The first-order valence-corrected chi connectivity index (χ1v) is 22.8. The molecule has 1 fully saturated rings. The van der Waals surface area contributed by atoms with Gasteiger partial charge in [0.15, 0.2) is 12.4 Å². The molecule has 0 aromatic heterocycles. The van der Waals surface area contributed by atoms with Crippen LogP contribution < -0.4 is 0 Å². The normalized spacial score (nSPS) is 20.6. The van der Waals surface area contributed by atoms with E-state index in [4.69, 9.17) is 18.9 Å². The molecule has 1 aliphatic rings. The van der Waals surface area contributed by atoms with Crippen LogP contribution in [-0.4, -0.2) is 89.0 Å². The number of allylic oxidation sites excluding steroid dienone is 2. The zero-order valence-electron chi connectivity index (χ0n) is 35.2. The smallest absolute Gasteiger partial charge is 0.306 e. The standard InChI is InChI=1S/C45H84O10/c1-3-5-7-9-11-13-15-17-19-21-23-25-27-29-31-33-40(47)52-36-38(37-53-45-44(51)43(50)42(49)39(35-46)55-45)54-41(48)34-32-30-28-26-24-22-20-18-16-14-12-10-8-6-4-2/h27,29,38-39,42-46,49-51H,3-26,28,30-37H2,1-2H3/b29-27+/t38-,39-,42+,43?,44?,45-/m0/s1. The molecule has 10 nitrogen and oxygen atoms in total. The van der Waals surface area contributed by atoms with Gasteiger partial charge in [0.05, 0.1) is 13.2 Å². The molecule has 0 aromatic rings. The van der Waals surface area contributed by atoms with E-state index in [-0.39, 0.29) is 26.1 Å². The Morgan fingerprint density at radius 2 is 1.00 bits per heavy atom. The Labute approximate surface area is 335 Å². The summed E-state index contributed by atoms with van der Waals surface area (Å²) in [7, 11) is 0. The van der Waals surface area contributed by atoms with E-state index in [0.717, 1.165) is 32.1 Å². The Bertz CT molecular complexity index is 912. The first kappa shape index (κ1) is 51.5. The first-order chi connectivity index (χ1) is 26.8. The van der Waals surface area contributed by atoms with Crippen molar-refractivity contribution in [2.45, 2.75) is 243 Å². The highest BCUT2D eigenvalue weighted by molar-refractivity contribution is 5.70. The third kappa shape index (κ3) is 28.5. The van der Waals surface area contributed by atoms with Crippen molar-refractivity contribution in [3.63, 3.8) is 0 Å². The average molecular weight is 785 g/mol. The zero-order valence-corrected chi connectivity index (χ0v) is 35.2. The van der Waals surface area contributed by atoms with E-state index in [2.05, 4.69) is 19.9 Å². The fourth-order valence-corrected chi connectivity index (χ4v) is 7.03. The Morgan fingerprint density at radius 1 is 0.545 bits per heavy atom. The van der Waals surface area contributed by atoms with Crippen LogP contribution in [0.5, 0.6) is 0 Å². The van der Waals surface area contributed by atoms with Crippen molar-refractivity contribution in [1.29, 1.82) is 0 Å². The summed E-state index contributed by atoms with van der Waals surface area (Å²) < 4.78 is 22.1. The van der Waals surface area contributed by atoms with Gasteiger partial charge in [0.1, 0.15) is 31.0 Å². The van der Waals surface area contributed by atoms with Crippen LogP contribution in [0.25, 0.3) is 0 Å². The summed E-state index contributed by atoms with van der Waals surface area (Å²) in [6.45, 7) is 3.41. The second kappa shape index (κ2) is 36.8. The Kier molecular flexibility index (Phi) is 34.4. The molecule has 324 valence electrons. The topological polar surface area (TPSA) is 152 Å². The van der Waals surface area contributed by atoms with Gasteiger partial charge in [-0.2, -0.15) is 0 Å². The summed E-state index contributed by atoms with van der Waals surface area (Å²) in [6.07, 6.45) is 30.8. The van der Waals surface area contributed by atoms with Gasteiger partial charge in [0.2, 0.25) is 0 Å². The van der Waals surface area contributed by atoms with Crippen LogP contribution in [0.15, 0.2) is 12.2 Å². The molecule has 1 aliphatic heterocycles. The highest BCUT2D eigenvalue weighted by Crippen LogP contribution is 2.23. The largest absolute Gasteiger partial charge is 0.462 e. The summed E-state index contributed by atoms with van der Waals surface area (Å²) in [4.78, 5) is 25.3. The molecule has 55 heavy (non-hydrogen) atoms.